The van der Waals surface area contributed by atoms with E-state index in [-0.39, 0.29) is 29.1 Å². The summed E-state index contributed by atoms with van der Waals surface area (Å²) in [6, 6.07) is -4.46. The fourth-order valence-corrected chi connectivity index (χ4v) is 7.87. The van der Waals surface area contributed by atoms with Crippen molar-refractivity contribution in [2.24, 2.45) is 40.2 Å². The number of nitrogens with zero attached hydrogens (tertiary/aromatic N) is 1. The first-order chi connectivity index (χ1) is 21.7. The van der Waals surface area contributed by atoms with Gasteiger partial charge in [0.15, 0.2) is 0 Å². The molecule has 3 aliphatic carbocycles. The molecule has 6 atom stereocenters. The number of ketones is 1. The second-order valence-electron chi connectivity index (χ2n) is 17.0. The van der Waals surface area contributed by atoms with Gasteiger partial charge in [0.25, 0.3) is 5.91 Å². The number of rotatable bonds is 11. The minimum Gasteiger partial charge on any atom is -0.458 e. The van der Waals surface area contributed by atoms with Crippen LogP contribution in [-0.4, -0.2) is 76.7 Å². The van der Waals surface area contributed by atoms with E-state index in [1.54, 1.807) is 20.8 Å². The van der Waals surface area contributed by atoms with Gasteiger partial charge in [-0.3, -0.25) is 19.2 Å². The maximum absolute atomic E-state index is 14.4. The van der Waals surface area contributed by atoms with Gasteiger partial charge in [0.1, 0.15) is 23.7 Å². The summed E-state index contributed by atoms with van der Waals surface area (Å²) in [6.45, 7) is 15.3. The molecule has 0 spiro atoms. The van der Waals surface area contributed by atoms with E-state index in [4.69, 9.17) is 10.5 Å². The number of nitrogens with one attached hydrogen (secondary N) is 3. The summed E-state index contributed by atoms with van der Waals surface area (Å²) in [5, 5.41) is 8.49. The Morgan fingerprint density at radius 3 is 2.00 bits per heavy atom. The summed E-state index contributed by atoms with van der Waals surface area (Å²) < 4.78 is 5.68. The highest BCUT2D eigenvalue weighted by Gasteiger charge is 2.70. The van der Waals surface area contributed by atoms with Crippen molar-refractivity contribution in [1.82, 2.24) is 20.9 Å². The third-order valence-electron chi connectivity index (χ3n) is 10.9. The predicted octanol–water partition coefficient (Wildman–Crippen LogP) is 3.20. The molecule has 4 rings (SSSR count). The molecule has 1 unspecified atom stereocenters. The number of primary amides is 1. The van der Waals surface area contributed by atoms with Gasteiger partial charge in [0, 0.05) is 6.54 Å². The Kier molecular flexibility index (Phi) is 10.7. The first-order valence-corrected chi connectivity index (χ1v) is 17.5. The largest absolute Gasteiger partial charge is 0.458 e. The van der Waals surface area contributed by atoms with Crippen LogP contribution in [0, 0.1) is 34.5 Å². The lowest BCUT2D eigenvalue weighted by Crippen LogP contribution is -2.62. The Labute approximate surface area is 279 Å². The third-order valence-corrected chi connectivity index (χ3v) is 10.9. The second-order valence-corrected chi connectivity index (χ2v) is 17.0. The summed E-state index contributed by atoms with van der Waals surface area (Å²) in [6.07, 6.45) is 7.77. The number of esters is 1. The summed E-state index contributed by atoms with van der Waals surface area (Å²) in [5.41, 5.74) is 3.66. The molecule has 264 valence electrons. The topological polar surface area (TPSA) is 177 Å². The maximum Gasteiger partial charge on any atom is 0.329 e. The van der Waals surface area contributed by atoms with E-state index in [0.717, 1.165) is 51.4 Å². The van der Waals surface area contributed by atoms with Crippen LogP contribution in [0.1, 0.15) is 113 Å². The fraction of sp³-hybridized carbons (Fsp3) is 0.829. The molecule has 0 aromatic rings. The Morgan fingerprint density at radius 2 is 1.49 bits per heavy atom. The van der Waals surface area contributed by atoms with Gasteiger partial charge < -0.3 is 31.3 Å². The highest BCUT2D eigenvalue weighted by molar-refractivity contribution is 6.37. The smallest absolute Gasteiger partial charge is 0.329 e. The van der Waals surface area contributed by atoms with Crippen molar-refractivity contribution >= 4 is 35.5 Å². The van der Waals surface area contributed by atoms with Gasteiger partial charge in [-0.15, -0.1) is 0 Å². The molecular weight excluding hydrogens is 602 g/mol. The lowest BCUT2D eigenvalue weighted by atomic mass is 9.80. The van der Waals surface area contributed by atoms with Crippen molar-refractivity contribution < 1.29 is 33.5 Å². The monoisotopic (exact) mass is 659 g/mol. The molecule has 1 heterocycles. The number of amides is 5. The predicted molar refractivity (Wildman–Crippen MR) is 175 cm³/mol. The van der Waals surface area contributed by atoms with Crippen molar-refractivity contribution in [1.29, 1.82) is 0 Å². The van der Waals surface area contributed by atoms with E-state index in [1.807, 2.05) is 20.8 Å². The lowest BCUT2D eigenvalue weighted by Gasteiger charge is -2.38. The summed E-state index contributed by atoms with van der Waals surface area (Å²) in [7, 11) is 0. The van der Waals surface area contributed by atoms with E-state index in [0.29, 0.717) is 13.0 Å². The van der Waals surface area contributed by atoms with Crippen molar-refractivity contribution in [3.8, 4) is 0 Å². The normalized spacial score (nSPS) is 26.1. The minimum absolute atomic E-state index is 0.0661. The first kappa shape index (κ1) is 36.7. The summed E-state index contributed by atoms with van der Waals surface area (Å²) in [5.74, 6) is -3.28. The standard InChI is InChI=1S/C35H57N5O7/c1-33(2,3)27(39-32(46)38-24(20-15-10-9-11-16-20)31(45)47-34(4,5)6)30(44)40-18-21-23(35(21,7)8)25(40)29(43)37-22(26(41)28(36)42)17-19-13-12-14-19/h19-25,27H,9-18H2,1-8H3,(H2,36,42)(H,37,43)(H2,38,39,46)/t21-,22?,23-,24+,25-,27+/m0/s1. The van der Waals surface area contributed by atoms with Gasteiger partial charge in [-0.25, -0.2) is 9.59 Å². The summed E-state index contributed by atoms with van der Waals surface area (Å²) >= 11 is 0. The average Bonchev–Trinajstić information content (AvgIpc) is 3.25. The van der Waals surface area contributed by atoms with Crippen LogP contribution in [0.2, 0.25) is 0 Å². The minimum atomic E-state index is -1.10. The van der Waals surface area contributed by atoms with Gasteiger partial charge in [0.2, 0.25) is 17.6 Å². The number of nitrogens with two attached hydrogens (primary N) is 1. The number of hydrogen-bond donors (Lipinski definition) is 4. The SMILES string of the molecule is CC(C)(C)OC(=O)[C@H](NC(=O)N[C@H](C(=O)N1C[C@H]2[C@@H]([C@H]1C(=O)NC(CC1CCC1)C(=O)C(N)=O)C2(C)C)C(C)(C)C)C1CCCCC1. The van der Waals surface area contributed by atoms with Crippen molar-refractivity contribution in [2.45, 2.75) is 143 Å². The van der Waals surface area contributed by atoms with E-state index >= 15 is 0 Å². The number of fused-ring (bicyclic) bond motifs is 1. The molecule has 0 bridgehead atoms. The van der Waals surface area contributed by atoms with Gasteiger partial charge in [0.05, 0.1) is 6.04 Å². The molecule has 47 heavy (non-hydrogen) atoms. The number of urea groups is 1. The Hall–Kier alpha value is -3.18. The number of Topliss-reactive ketones (excluding diaryl/α,β-unsaturated/α-hetero) is 1. The van der Waals surface area contributed by atoms with Crippen molar-refractivity contribution in [3.63, 3.8) is 0 Å². The van der Waals surface area contributed by atoms with Crippen LogP contribution >= 0.6 is 0 Å². The molecule has 1 aliphatic heterocycles. The highest BCUT2D eigenvalue weighted by Crippen LogP contribution is 2.65. The van der Waals surface area contributed by atoms with Crippen molar-refractivity contribution in [2.75, 3.05) is 6.54 Å². The van der Waals surface area contributed by atoms with Crippen LogP contribution in [0.4, 0.5) is 4.79 Å². The molecule has 3 saturated carbocycles. The molecule has 4 fully saturated rings. The third kappa shape index (κ3) is 8.46. The Morgan fingerprint density at radius 1 is 0.872 bits per heavy atom. The van der Waals surface area contributed by atoms with E-state index in [1.165, 1.54) is 4.90 Å². The van der Waals surface area contributed by atoms with E-state index in [2.05, 4.69) is 29.8 Å². The number of carbonyl (C=O) groups is 6. The molecule has 1 saturated heterocycles. The zero-order valence-electron chi connectivity index (χ0n) is 29.6. The van der Waals surface area contributed by atoms with Gasteiger partial charge in [-0.2, -0.15) is 0 Å². The molecule has 0 aromatic heterocycles. The van der Waals surface area contributed by atoms with E-state index in [9.17, 15) is 28.8 Å². The number of piperidine rings is 1. The Bertz CT molecular complexity index is 1240. The zero-order chi connectivity index (χ0) is 35.1. The van der Waals surface area contributed by atoms with Crippen LogP contribution in [0.25, 0.3) is 0 Å². The van der Waals surface area contributed by atoms with Crippen LogP contribution in [-0.2, 0) is 28.7 Å². The van der Waals surface area contributed by atoms with Gasteiger partial charge >= 0.3 is 12.0 Å². The second kappa shape index (κ2) is 13.7. The van der Waals surface area contributed by atoms with Gasteiger partial charge in [-0.1, -0.05) is 73.1 Å². The molecule has 12 heteroatoms. The molecule has 5 N–H and O–H groups in total. The maximum atomic E-state index is 14.4. The van der Waals surface area contributed by atoms with Crippen LogP contribution in [0.15, 0.2) is 0 Å². The average molecular weight is 660 g/mol. The van der Waals surface area contributed by atoms with Crippen LogP contribution in [0.5, 0.6) is 0 Å². The van der Waals surface area contributed by atoms with Gasteiger partial charge in [-0.05, 0) is 74.5 Å². The molecule has 4 aliphatic rings. The Balaban J connectivity index is 1.53. The molecule has 0 radical (unpaired) electrons. The molecule has 12 nitrogen and oxygen atoms in total. The number of hydrogen-bond acceptors (Lipinski definition) is 7. The molecule has 0 aromatic carbocycles. The van der Waals surface area contributed by atoms with E-state index < -0.39 is 70.7 Å². The van der Waals surface area contributed by atoms with Crippen LogP contribution in [0.3, 0.4) is 0 Å². The fourth-order valence-electron chi connectivity index (χ4n) is 7.87. The zero-order valence-corrected chi connectivity index (χ0v) is 29.6. The lowest BCUT2D eigenvalue weighted by molar-refractivity contribution is -0.159. The molecular formula is C35H57N5O7. The quantitative estimate of drug-likeness (QED) is 0.194. The number of carbonyl (C=O) groups excluding carboxylic acids is 6. The highest BCUT2D eigenvalue weighted by atomic mass is 16.6. The first-order valence-electron chi connectivity index (χ1n) is 17.5. The number of ether oxygens (including phenoxy) is 1. The summed E-state index contributed by atoms with van der Waals surface area (Å²) in [4.78, 5) is 81.3. The number of likely N-dealkylation sites (tertiary alicyclic amines) is 1. The van der Waals surface area contributed by atoms with Crippen molar-refractivity contribution in [3.05, 3.63) is 0 Å². The van der Waals surface area contributed by atoms with Crippen LogP contribution < -0.4 is 21.7 Å². The molecule has 5 amide bonds.